The number of methoxy groups -OCH3 is 1. The van der Waals surface area contributed by atoms with Gasteiger partial charge in [0, 0.05) is 33.7 Å². The molecule has 2 heterocycles. The highest BCUT2D eigenvalue weighted by Crippen LogP contribution is 2.49. The number of benzene rings is 1. The molecule has 2 aliphatic rings. The van der Waals surface area contributed by atoms with Crippen molar-refractivity contribution < 1.29 is 28.2 Å². The number of Topliss-reactive ketones (excluding diaryl/α,β-unsaturated/α-hetero) is 1. The van der Waals surface area contributed by atoms with E-state index >= 15 is 0 Å². The van der Waals surface area contributed by atoms with Crippen molar-refractivity contribution in [2.45, 2.75) is 46.1 Å². The number of allylic oxidation sites excluding steroid dienone is 2. The third kappa shape index (κ3) is 4.57. The zero-order valence-electron chi connectivity index (χ0n) is 19.3. The summed E-state index contributed by atoms with van der Waals surface area (Å²) in [4.78, 5) is 27.6. The Bertz CT molecular complexity index is 1250. The fourth-order valence-electron chi connectivity index (χ4n) is 4.36. The number of carbonyl (C=O) groups excluding carboxylic acids is 2. The standard InChI is InChI=1S/C25H25ClFNO5S/c1-12-13(11-32-17-6-5-14(27)8-15(17)26)7-19(34-12)21-20-16(29)9-25(2,3)10-18(20)33-23(28)22(21)24(30)31-4/h5-8,21H,9-11,28H2,1-4H3. The number of ether oxygens (including phenoxy) is 3. The molecule has 2 aromatic rings. The molecule has 180 valence electrons. The normalized spacial score (nSPS) is 19.6. The minimum atomic E-state index is -0.688. The molecule has 1 aliphatic heterocycles. The third-order valence-electron chi connectivity index (χ3n) is 5.96. The molecule has 0 radical (unpaired) electrons. The second-order valence-electron chi connectivity index (χ2n) is 9.18. The predicted octanol–water partition coefficient (Wildman–Crippen LogP) is 5.53. The van der Waals surface area contributed by atoms with Crippen molar-refractivity contribution in [1.82, 2.24) is 0 Å². The zero-order chi connectivity index (χ0) is 24.8. The van der Waals surface area contributed by atoms with Crippen LogP contribution in [0.15, 0.2) is 47.1 Å². The van der Waals surface area contributed by atoms with E-state index in [1.54, 1.807) is 0 Å². The number of carbonyl (C=O) groups is 2. The monoisotopic (exact) mass is 505 g/mol. The van der Waals surface area contributed by atoms with Gasteiger partial charge in [-0.3, -0.25) is 4.79 Å². The van der Waals surface area contributed by atoms with E-state index in [4.69, 9.17) is 31.5 Å². The van der Waals surface area contributed by atoms with Gasteiger partial charge in [0.15, 0.2) is 5.78 Å². The zero-order valence-corrected chi connectivity index (χ0v) is 20.9. The molecular formula is C25H25ClFNO5S. The molecule has 1 aromatic carbocycles. The largest absolute Gasteiger partial charge is 0.487 e. The number of thiophene rings is 1. The summed E-state index contributed by atoms with van der Waals surface area (Å²) in [7, 11) is 1.26. The Morgan fingerprint density at radius 2 is 2.06 bits per heavy atom. The number of hydrogen-bond donors (Lipinski definition) is 1. The van der Waals surface area contributed by atoms with Gasteiger partial charge in [-0.1, -0.05) is 25.4 Å². The molecule has 4 rings (SSSR count). The smallest absolute Gasteiger partial charge is 0.340 e. The first-order chi connectivity index (χ1) is 16.0. The van der Waals surface area contributed by atoms with Crippen molar-refractivity contribution in [3.63, 3.8) is 0 Å². The number of rotatable bonds is 5. The van der Waals surface area contributed by atoms with Crippen molar-refractivity contribution in [2.24, 2.45) is 11.1 Å². The van der Waals surface area contributed by atoms with E-state index in [-0.39, 0.29) is 34.3 Å². The molecule has 9 heteroatoms. The maximum Gasteiger partial charge on any atom is 0.340 e. The lowest BCUT2D eigenvalue weighted by molar-refractivity contribution is -0.136. The number of nitrogens with two attached hydrogens (primary N) is 1. The average Bonchev–Trinajstić information content (AvgIpc) is 3.11. The Balaban J connectivity index is 1.72. The summed E-state index contributed by atoms with van der Waals surface area (Å²) in [5.41, 5.74) is 7.31. The van der Waals surface area contributed by atoms with Gasteiger partial charge in [-0.2, -0.15) is 0 Å². The first-order valence-electron chi connectivity index (χ1n) is 10.7. The Hall–Kier alpha value is -2.84. The van der Waals surface area contributed by atoms with Crippen LogP contribution in [0.2, 0.25) is 5.02 Å². The molecule has 6 nitrogen and oxygen atoms in total. The highest BCUT2D eigenvalue weighted by molar-refractivity contribution is 7.12. The Morgan fingerprint density at radius 3 is 2.74 bits per heavy atom. The summed E-state index contributed by atoms with van der Waals surface area (Å²) in [6, 6.07) is 5.82. The quantitative estimate of drug-likeness (QED) is 0.538. The molecule has 0 amide bonds. The van der Waals surface area contributed by atoms with Crippen LogP contribution in [0.25, 0.3) is 0 Å². The first kappa shape index (κ1) is 24.3. The molecule has 1 aliphatic carbocycles. The second-order valence-corrected chi connectivity index (χ2v) is 10.9. The summed E-state index contributed by atoms with van der Waals surface area (Å²) in [6.45, 7) is 6.09. The van der Waals surface area contributed by atoms with Crippen LogP contribution in [0.4, 0.5) is 4.39 Å². The molecule has 0 bridgehead atoms. The lowest BCUT2D eigenvalue weighted by atomic mass is 9.71. The van der Waals surface area contributed by atoms with Gasteiger partial charge >= 0.3 is 5.97 Å². The Kier molecular flexibility index (Phi) is 6.48. The molecule has 0 fully saturated rings. The molecule has 0 spiro atoms. The van der Waals surface area contributed by atoms with Crippen LogP contribution in [0, 0.1) is 18.2 Å². The van der Waals surface area contributed by atoms with E-state index in [9.17, 15) is 14.0 Å². The molecule has 2 N–H and O–H groups in total. The minimum absolute atomic E-state index is 0.0527. The van der Waals surface area contributed by atoms with Crippen LogP contribution in [-0.2, 0) is 25.7 Å². The number of esters is 1. The lowest BCUT2D eigenvalue weighted by Crippen LogP contribution is -2.35. The Labute approximate surface area is 206 Å². The van der Waals surface area contributed by atoms with Crippen molar-refractivity contribution in [3.8, 4) is 5.75 Å². The fraction of sp³-hybridized carbons (Fsp3) is 0.360. The van der Waals surface area contributed by atoms with Gasteiger partial charge in [0.1, 0.15) is 29.5 Å². The second kappa shape index (κ2) is 9.07. The lowest BCUT2D eigenvalue weighted by Gasteiger charge is -2.37. The predicted molar refractivity (Wildman–Crippen MR) is 127 cm³/mol. The SMILES string of the molecule is COC(=O)C1=C(N)OC2=C(C(=O)CC(C)(C)C2)C1c1cc(COc2ccc(F)cc2Cl)c(C)s1. The van der Waals surface area contributed by atoms with Crippen LogP contribution >= 0.6 is 22.9 Å². The van der Waals surface area contributed by atoms with Crippen molar-refractivity contribution in [3.05, 3.63) is 73.2 Å². The van der Waals surface area contributed by atoms with Gasteiger partial charge in [0.25, 0.3) is 0 Å². The highest BCUT2D eigenvalue weighted by atomic mass is 35.5. The van der Waals surface area contributed by atoms with Crippen LogP contribution in [-0.4, -0.2) is 18.9 Å². The summed E-state index contributed by atoms with van der Waals surface area (Å²) >= 11 is 7.51. The van der Waals surface area contributed by atoms with Crippen LogP contribution in [0.5, 0.6) is 5.75 Å². The molecule has 0 saturated heterocycles. The van der Waals surface area contributed by atoms with Crippen LogP contribution in [0.1, 0.15) is 47.9 Å². The fourth-order valence-corrected chi connectivity index (χ4v) is 5.74. The molecular weight excluding hydrogens is 481 g/mol. The van der Waals surface area contributed by atoms with Gasteiger partial charge in [-0.05, 0) is 36.6 Å². The van der Waals surface area contributed by atoms with Gasteiger partial charge in [-0.25, -0.2) is 9.18 Å². The summed E-state index contributed by atoms with van der Waals surface area (Å²) < 4.78 is 29.9. The number of hydrogen-bond acceptors (Lipinski definition) is 7. The van der Waals surface area contributed by atoms with Gasteiger partial charge in [0.2, 0.25) is 5.88 Å². The van der Waals surface area contributed by atoms with Crippen molar-refractivity contribution >= 4 is 34.7 Å². The number of aryl methyl sites for hydroxylation is 1. The van der Waals surface area contributed by atoms with Gasteiger partial charge in [0.05, 0.1) is 18.1 Å². The highest BCUT2D eigenvalue weighted by Gasteiger charge is 2.45. The maximum atomic E-state index is 13.3. The topological polar surface area (TPSA) is 87.9 Å². The first-order valence-corrected chi connectivity index (χ1v) is 11.9. The summed E-state index contributed by atoms with van der Waals surface area (Å²) in [6.07, 6.45) is 0.868. The van der Waals surface area contributed by atoms with Crippen LogP contribution < -0.4 is 10.5 Å². The van der Waals surface area contributed by atoms with E-state index in [1.807, 2.05) is 26.8 Å². The number of ketones is 1. The third-order valence-corrected chi connectivity index (χ3v) is 7.41. The molecule has 1 atom stereocenters. The van der Waals surface area contributed by atoms with E-state index in [0.29, 0.717) is 29.9 Å². The maximum absolute atomic E-state index is 13.3. The molecule has 1 unspecified atom stereocenters. The van der Waals surface area contributed by atoms with E-state index in [2.05, 4.69) is 0 Å². The van der Waals surface area contributed by atoms with E-state index in [0.717, 1.165) is 15.3 Å². The number of halogens is 2. The van der Waals surface area contributed by atoms with Crippen molar-refractivity contribution in [2.75, 3.05) is 7.11 Å². The van der Waals surface area contributed by atoms with Gasteiger partial charge < -0.3 is 19.9 Å². The molecule has 1 aromatic heterocycles. The molecule has 0 saturated carbocycles. The average molecular weight is 506 g/mol. The van der Waals surface area contributed by atoms with Gasteiger partial charge in [-0.15, -0.1) is 11.3 Å². The molecule has 34 heavy (non-hydrogen) atoms. The van der Waals surface area contributed by atoms with Crippen molar-refractivity contribution in [1.29, 1.82) is 0 Å². The summed E-state index contributed by atoms with van der Waals surface area (Å²) in [5, 5.41) is 0.173. The van der Waals surface area contributed by atoms with E-state index in [1.165, 1.54) is 36.6 Å². The van der Waals surface area contributed by atoms with Crippen LogP contribution in [0.3, 0.4) is 0 Å². The summed E-state index contributed by atoms with van der Waals surface area (Å²) in [5.74, 6) is -1.06. The Morgan fingerprint density at radius 1 is 1.32 bits per heavy atom. The van der Waals surface area contributed by atoms with E-state index < -0.39 is 17.7 Å². The minimum Gasteiger partial charge on any atom is -0.487 e.